The van der Waals surface area contributed by atoms with Crippen LogP contribution in [0.25, 0.3) is 17.0 Å². The number of amides is 1. The summed E-state index contributed by atoms with van der Waals surface area (Å²) in [4.78, 5) is 31.4. The van der Waals surface area contributed by atoms with Gasteiger partial charge in [-0.3, -0.25) is 14.5 Å². The molecule has 1 aromatic carbocycles. The summed E-state index contributed by atoms with van der Waals surface area (Å²) in [5.41, 5.74) is 2.48. The van der Waals surface area contributed by atoms with Crippen LogP contribution in [0.3, 0.4) is 0 Å². The second-order valence-electron chi connectivity index (χ2n) is 8.92. The molecule has 2 aliphatic rings. The maximum absolute atomic E-state index is 13.7. The van der Waals surface area contributed by atoms with Gasteiger partial charge in [-0.15, -0.1) is 0 Å². The molecule has 2 aromatic rings. The number of aromatic nitrogens is 1. The third kappa shape index (κ3) is 4.37. The molecule has 4 rings (SSSR count). The van der Waals surface area contributed by atoms with Crippen molar-refractivity contribution in [2.45, 2.75) is 53.0 Å². The Morgan fingerprint density at radius 2 is 1.78 bits per heavy atom. The normalized spacial score (nSPS) is 18.9. The molecule has 0 aliphatic carbocycles. The fraction of sp³-hybridized carbons (Fsp3) is 0.480. The largest absolute Gasteiger partial charge is 0.370 e. The molecule has 32 heavy (non-hydrogen) atoms. The maximum Gasteiger partial charge on any atom is 0.266 e. The molecule has 0 N–H and O–H groups in total. The second kappa shape index (κ2) is 9.79. The van der Waals surface area contributed by atoms with E-state index in [9.17, 15) is 9.59 Å². The molecule has 2 saturated heterocycles. The average molecular weight is 470 g/mol. The molecule has 2 aliphatic heterocycles. The van der Waals surface area contributed by atoms with Gasteiger partial charge in [-0.2, -0.15) is 0 Å². The molecule has 5 nitrogen and oxygen atoms in total. The van der Waals surface area contributed by atoms with E-state index in [4.69, 9.17) is 12.2 Å². The Morgan fingerprint density at radius 3 is 2.44 bits per heavy atom. The summed E-state index contributed by atoms with van der Waals surface area (Å²) < 4.78 is 2.39. The van der Waals surface area contributed by atoms with Crippen LogP contribution in [0, 0.1) is 5.92 Å². The molecule has 0 radical (unpaired) electrons. The molecule has 7 heteroatoms. The standard InChI is InChI=1S/C25H31N3O2S2/c1-4-27-20-12-8-7-11-18(20)22(26-13-9-5-6-10-14-26)19(23(27)29)15-21-24(30)28(16-17(2)3)25(31)32-21/h7-8,11-12,15,17H,4-6,9-10,13-14,16H2,1-3H3. The number of nitrogens with zero attached hydrogens (tertiary/aromatic N) is 3. The van der Waals surface area contributed by atoms with Gasteiger partial charge in [0.1, 0.15) is 4.32 Å². The van der Waals surface area contributed by atoms with Crippen LogP contribution in [0.2, 0.25) is 0 Å². The summed E-state index contributed by atoms with van der Waals surface area (Å²) in [6.07, 6.45) is 6.45. The topological polar surface area (TPSA) is 45.6 Å². The summed E-state index contributed by atoms with van der Waals surface area (Å²) in [5, 5.41) is 1.07. The van der Waals surface area contributed by atoms with E-state index in [1.54, 1.807) is 11.0 Å². The molecule has 0 bridgehead atoms. The Kier molecular flexibility index (Phi) is 7.05. The molecular formula is C25H31N3O2S2. The van der Waals surface area contributed by atoms with Gasteiger partial charge in [-0.1, -0.05) is 68.9 Å². The predicted octanol–water partition coefficient (Wildman–Crippen LogP) is 5.26. The van der Waals surface area contributed by atoms with Gasteiger partial charge in [0.25, 0.3) is 11.5 Å². The predicted molar refractivity (Wildman–Crippen MR) is 139 cm³/mol. The van der Waals surface area contributed by atoms with Crippen molar-refractivity contribution in [3.05, 3.63) is 45.1 Å². The van der Waals surface area contributed by atoms with E-state index in [0.29, 0.717) is 33.8 Å². The van der Waals surface area contributed by atoms with Crippen LogP contribution in [0.4, 0.5) is 5.69 Å². The van der Waals surface area contributed by atoms with E-state index in [1.807, 2.05) is 29.7 Å². The quantitative estimate of drug-likeness (QED) is 0.442. The van der Waals surface area contributed by atoms with Gasteiger partial charge in [0.2, 0.25) is 0 Å². The zero-order chi connectivity index (χ0) is 22.8. The first kappa shape index (κ1) is 23.1. The van der Waals surface area contributed by atoms with Crippen molar-refractivity contribution in [2.75, 3.05) is 24.5 Å². The number of aryl methyl sites for hydroxylation is 1. The first-order valence-electron chi connectivity index (χ1n) is 11.6. The summed E-state index contributed by atoms with van der Waals surface area (Å²) in [7, 11) is 0. The Labute approximate surface area is 199 Å². The smallest absolute Gasteiger partial charge is 0.266 e. The van der Waals surface area contributed by atoms with Crippen LogP contribution in [0.5, 0.6) is 0 Å². The third-order valence-corrected chi connectivity index (χ3v) is 7.49. The lowest BCUT2D eigenvalue weighted by atomic mass is 10.1. The highest BCUT2D eigenvalue weighted by molar-refractivity contribution is 8.26. The van der Waals surface area contributed by atoms with E-state index < -0.39 is 0 Å². The van der Waals surface area contributed by atoms with Crippen LogP contribution >= 0.6 is 24.0 Å². The minimum Gasteiger partial charge on any atom is -0.370 e. The minimum absolute atomic E-state index is 0.0421. The fourth-order valence-electron chi connectivity index (χ4n) is 4.64. The highest BCUT2D eigenvalue weighted by Gasteiger charge is 2.33. The molecular weight excluding hydrogens is 438 g/mol. The number of thioether (sulfide) groups is 1. The maximum atomic E-state index is 13.7. The van der Waals surface area contributed by atoms with Crippen LogP contribution in [-0.2, 0) is 11.3 Å². The average Bonchev–Trinajstić information content (AvgIpc) is 2.95. The zero-order valence-corrected chi connectivity index (χ0v) is 20.7. The first-order chi connectivity index (χ1) is 15.4. The van der Waals surface area contributed by atoms with E-state index >= 15 is 0 Å². The highest BCUT2D eigenvalue weighted by Crippen LogP contribution is 2.37. The van der Waals surface area contributed by atoms with E-state index in [-0.39, 0.29) is 11.5 Å². The third-order valence-electron chi connectivity index (χ3n) is 6.12. The molecule has 2 fully saturated rings. The number of para-hydroxylation sites is 1. The number of hydrogen-bond donors (Lipinski definition) is 0. The van der Waals surface area contributed by atoms with Gasteiger partial charge in [0.05, 0.1) is 21.7 Å². The number of anilines is 1. The number of pyridine rings is 1. The number of benzene rings is 1. The van der Waals surface area contributed by atoms with Gasteiger partial charge in [-0.05, 0) is 37.8 Å². The zero-order valence-electron chi connectivity index (χ0n) is 19.1. The molecule has 0 saturated carbocycles. The number of carbonyl (C=O) groups excluding carboxylic acids is 1. The molecule has 1 amide bonds. The SMILES string of the molecule is CCn1c(=O)c(C=C2SC(=S)N(CC(C)C)C2=O)c(N2CCCCCC2)c2ccccc21. The number of thiocarbonyl (C=S) groups is 1. The van der Waals surface area contributed by atoms with Gasteiger partial charge < -0.3 is 9.47 Å². The summed E-state index contributed by atoms with van der Waals surface area (Å²) in [6.45, 7) is 9.16. The molecule has 0 atom stereocenters. The van der Waals surface area contributed by atoms with Crippen LogP contribution in [0.1, 0.15) is 52.0 Å². The number of hydrogen-bond acceptors (Lipinski definition) is 5. The van der Waals surface area contributed by atoms with Crippen molar-refractivity contribution in [3.8, 4) is 0 Å². The fourth-order valence-corrected chi connectivity index (χ4v) is 5.90. The number of fused-ring (bicyclic) bond motifs is 1. The van der Waals surface area contributed by atoms with E-state index in [0.717, 1.165) is 42.5 Å². The van der Waals surface area contributed by atoms with Crippen molar-refractivity contribution < 1.29 is 4.79 Å². The van der Waals surface area contributed by atoms with Crippen molar-refractivity contribution in [1.29, 1.82) is 0 Å². The number of carbonyl (C=O) groups is 1. The molecule has 1 aromatic heterocycles. The van der Waals surface area contributed by atoms with Gasteiger partial charge in [0.15, 0.2) is 0 Å². The number of rotatable bonds is 5. The van der Waals surface area contributed by atoms with Crippen LogP contribution in [-0.4, -0.2) is 39.3 Å². The molecule has 170 valence electrons. The van der Waals surface area contributed by atoms with Gasteiger partial charge in [0, 0.05) is 31.6 Å². The molecule has 3 heterocycles. The summed E-state index contributed by atoms with van der Waals surface area (Å²) in [5.74, 6) is 0.230. The van der Waals surface area contributed by atoms with Crippen LogP contribution < -0.4 is 10.5 Å². The highest BCUT2D eigenvalue weighted by atomic mass is 32.2. The monoisotopic (exact) mass is 469 g/mol. The Morgan fingerprint density at radius 1 is 1.09 bits per heavy atom. The van der Waals surface area contributed by atoms with Crippen molar-refractivity contribution >= 4 is 56.9 Å². The Balaban J connectivity index is 1.92. The van der Waals surface area contributed by atoms with Crippen molar-refractivity contribution in [3.63, 3.8) is 0 Å². The summed E-state index contributed by atoms with van der Waals surface area (Å²) in [6, 6.07) is 8.13. The first-order valence-corrected chi connectivity index (χ1v) is 12.8. The Bertz CT molecular complexity index is 1130. The minimum atomic E-state index is -0.0916. The Hall–Kier alpha value is -2.12. The van der Waals surface area contributed by atoms with Gasteiger partial charge >= 0.3 is 0 Å². The molecule has 0 unspecified atom stereocenters. The lowest BCUT2D eigenvalue weighted by molar-refractivity contribution is -0.122. The summed E-state index contributed by atoms with van der Waals surface area (Å²) >= 11 is 6.80. The van der Waals surface area contributed by atoms with E-state index in [2.05, 4.69) is 24.8 Å². The molecule has 0 spiro atoms. The van der Waals surface area contributed by atoms with Gasteiger partial charge in [-0.25, -0.2) is 0 Å². The lowest BCUT2D eigenvalue weighted by Crippen LogP contribution is -2.32. The van der Waals surface area contributed by atoms with Crippen LogP contribution in [0.15, 0.2) is 34.0 Å². The lowest BCUT2D eigenvalue weighted by Gasteiger charge is -2.27. The van der Waals surface area contributed by atoms with E-state index in [1.165, 1.54) is 24.6 Å². The second-order valence-corrected chi connectivity index (χ2v) is 10.6. The van der Waals surface area contributed by atoms with Crippen molar-refractivity contribution in [2.24, 2.45) is 5.92 Å². The van der Waals surface area contributed by atoms with Crippen molar-refractivity contribution in [1.82, 2.24) is 9.47 Å².